The summed E-state index contributed by atoms with van der Waals surface area (Å²) in [5, 5.41) is 8.40. The Balaban J connectivity index is 0.996. The van der Waals surface area contributed by atoms with Gasteiger partial charge in [-0.1, -0.05) is 115 Å². The standard InChI is InChI=1S/C55H32N4O3/c1-2-12-34(13-3-1)53-56-54(36-22-21-33-11-4-5-14-35(33)29-36)58-55(57-53)43-17-10-20-50-52(43)42-26-23-39(32-51(42)62-50)59(37-24-27-48-44(30-37)40-15-6-8-18-46(40)60-48)38-25-28-49-45(31-38)41-16-7-9-19-47(41)61-49/h1-32H. The molecule has 290 valence electrons. The van der Waals surface area contributed by atoms with Crippen molar-refractivity contribution < 1.29 is 13.3 Å². The van der Waals surface area contributed by atoms with Crippen molar-refractivity contribution in [2.75, 3.05) is 4.90 Å². The summed E-state index contributed by atoms with van der Waals surface area (Å²) in [4.78, 5) is 17.6. The quantitative estimate of drug-likeness (QED) is 0.166. The van der Waals surface area contributed by atoms with Crippen LogP contribution in [0.15, 0.2) is 207 Å². The number of benzene rings is 9. The molecule has 0 N–H and O–H groups in total. The van der Waals surface area contributed by atoms with Gasteiger partial charge in [0.1, 0.15) is 33.5 Å². The first-order valence-electron chi connectivity index (χ1n) is 20.6. The first-order valence-corrected chi connectivity index (χ1v) is 20.6. The highest BCUT2D eigenvalue weighted by Crippen LogP contribution is 2.44. The Morgan fingerprint density at radius 1 is 0.306 bits per heavy atom. The Kier molecular flexibility index (Phi) is 7.47. The van der Waals surface area contributed by atoms with Gasteiger partial charge in [-0.15, -0.1) is 0 Å². The van der Waals surface area contributed by atoms with Gasteiger partial charge in [-0.3, -0.25) is 0 Å². The number of furan rings is 3. The van der Waals surface area contributed by atoms with E-state index < -0.39 is 0 Å². The maximum atomic E-state index is 6.76. The summed E-state index contributed by atoms with van der Waals surface area (Å²) >= 11 is 0. The van der Waals surface area contributed by atoms with Crippen molar-refractivity contribution in [3.63, 3.8) is 0 Å². The van der Waals surface area contributed by atoms with Crippen molar-refractivity contribution in [3.8, 4) is 34.2 Å². The molecule has 13 aromatic rings. The molecule has 13 rings (SSSR count). The molecule has 0 saturated heterocycles. The van der Waals surface area contributed by atoms with E-state index in [1.54, 1.807) is 0 Å². The van der Waals surface area contributed by atoms with Crippen LogP contribution < -0.4 is 4.90 Å². The third-order valence-electron chi connectivity index (χ3n) is 11.9. The van der Waals surface area contributed by atoms with Crippen molar-refractivity contribution >= 4 is 93.7 Å². The molecule has 4 aromatic heterocycles. The molecule has 0 aliphatic carbocycles. The van der Waals surface area contributed by atoms with Crippen LogP contribution in [0, 0.1) is 0 Å². The van der Waals surface area contributed by atoms with Crippen LogP contribution in [0.2, 0.25) is 0 Å². The van der Waals surface area contributed by atoms with E-state index in [0.717, 1.165) is 110 Å². The molecule has 0 atom stereocenters. The second-order valence-electron chi connectivity index (χ2n) is 15.6. The molecule has 4 heterocycles. The van der Waals surface area contributed by atoms with Crippen LogP contribution in [0.1, 0.15) is 0 Å². The molecule has 0 bridgehead atoms. The molecule has 0 radical (unpaired) electrons. The van der Waals surface area contributed by atoms with Crippen LogP contribution in [0.3, 0.4) is 0 Å². The van der Waals surface area contributed by atoms with Crippen LogP contribution >= 0.6 is 0 Å². The lowest BCUT2D eigenvalue weighted by atomic mass is 10.0. The molecule has 0 amide bonds. The highest BCUT2D eigenvalue weighted by Gasteiger charge is 2.22. The number of aromatic nitrogens is 3. The summed E-state index contributed by atoms with van der Waals surface area (Å²) in [5.41, 5.74) is 10.5. The number of nitrogens with zero attached hydrogens (tertiary/aromatic N) is 4. The minimum absolute atomic E-state index is 0.572. The van der Waals surface area contributed by atoms with E-state index in [0.29, 0.717) is 17.5 Å². The molecule has 0 aliphatic rings. The van der Waals surface area contributed by atoms with Crippen LogP contribution in [0.25, 0.3) is 111 Å². The highest BCUT2D eigenvalue weighted by molar-refractivity contribution is 6.13. The van der Waals surface area contributed by atoms with E-state index in [-0.39, 0.29) is 0 Å². The first kappa shape index (κ1) is 34.3. The van der Waals surface area contributed by atoms with Gasteiger partial charge in [0.25, 0.3) is 0 Å². The van der Waals surface area contributed by atoms with E-state index in [1.807, 2.05) is 78.9 Å². The zero-order chi connectivity index (χ0) is 40.7. The van der Waals surface area contributed by atoms with Gasteiger partial charge in [-0.05, 0) is 83.6 Å². The van der Waals surface area contributed by atoms with Gasteiger partial charge in [0.05, 0.1) is 0 Å². The maximum absolute atomic E-state index is 6.76. The van der Waals surface area contributed by atoms with Crippen molar-refractivity contribution in [1.29, 1.82) is 0 Å². The predicted molar refractivity (Wildman–Crippen MR) is 250 cm³/mol. The number of rotatable bonds is 6. The highest BCUT2D eigenvalue weighted by atomic mass is 16.3. The maximum Gasteiger partial charge on any atom is 0.164 e. The monoisotopic (exact) mass is 796 g/mol. The molecule has 0 fully saturated rings. The van der Waals surface area contributed by atoms with Gasteiger partial charge in [-0.2, -0.15) is 0 Å². The Morgan fingerprint density at radius 2 is 0.855 bits per heavy atom. The Bertz CT molecular complexity index is 3790. The fourth-order valence-corrected chi connectivity index (χ4v) is 8.96. The lowest BCUT2D eigenvalue weighted by Crippen LogP contribution is -2.09. The van der Waals surface area contributed by atoms with Crippen LogP contribution in [0.4, 0.5) is 17.1 Å². The second kappa shape index (κ2) is 13.5. The summed E-state index contributed by atoms with van der Waals surface area (Å²) < 4.78 is 19.3. The summed E-state index contributed by atoms with van der Waals surface area (Å²) in [6.45, 7) is 0. The SMILES string of the molecule is c1ccc(-c2nc(-c3ccc4ccccc4c3)nc(-c3cccc4oc5cc(N(c6ccc7oc8ccccc8c7c6)c6ccc7oc8ccccc8c7c6)ccc5c34)n2)cc1. The van der Waals surface area contributed by atoms with Gasteiger partial charge in [-0.25, -0.2) is 15.0 Å². The molecular weight excluding hydrogens is 765 g/mol. The molecular formula is C55H32N4O3. The predicted octanol–water partition coefficient (Wildman–Crippen LogP) is 15.2. The lowest BCUT2D eigenvalue weighted by Gasteiger charge is -2.25. The topological polar surface area (TPSA) is 81.3 Å². The number of para-hydroxylation sites is 2. The van der Waals surface area contributed by atoms with Gasteiger partial charge in [0, 0.05) is 72.1 Å². The zero-order valence-electron chi connectivity index (χ0n) is 33.0. The van der Waals surface area contributed by atoms with Crippen molar-refractivity contribution in [2.45, 2.75) is 0 Å². The molecule has 9 aromatic carbocycles. The molecule has 7 heteroatoms. The van der Waals surface area contributed by atoms with Gasteiger partial charge >= 0.3 is 0 Å². The normalized spacial score (nSPS) is 11.9. The molecule has 0 spiro atoms. The van der Waals surface area contributed by atoms with E-state index in [4.69, 9.17) is 28.2 Å². The number of anilines is 3. The van der Waals surface area contributed by atoms with E-state index in [1.165, 1.54) is 0 Å². The minimum atomic E-state index is 0.572. The summed E-state index contributed by atoms with van der Waals surface area (Å²) in [6.07, 6.45) is 0. The average molecular weight is 797 g/mol. The van der Waals surface area contributed by atoms with Crippen molar-refractivity contribution in [3.05, 3.63) is 194 Å². The van der Waals surface area contributed by atoms with Crippen molar-refractivity contribution in [1.82, 2.24) is 15.0 Å². The lowest BCUT2D eigenvalue weighted by molar-refractivity contribution is 0.668. The Morgan fingerprint density at radius 3 is 1.58 bits per heavy atom. The second-order valence-corrected chi connectivity index (χ2v) is 15.6. The zero-order valence-corrected chi connectivity index (χ0v) is 33.0. The van der Waals surface area contributed by atoms with Crippen LogP contribution in [-0.4, -0.2) is 15.0 Å². The summed E-state index contributed by atoms with van der Waals surface area (Å²) in [5.74, 6) is 1.78. The molecule has 0 aliphatic heterocycles. The fraction of sp³-hybridized carbons (Fsp3) is 0. The van der Waals surface area contributed by atoms with Gasteiger partial charge in [0.15, 0.2) is 17.5 Å². The van der Waals surface area contributed by atoms with E-state index in [2.05, 4.69) is 120 Å². The van der Waals surface area contributed by atoms with Gasteiger partial charge < -0.3 is 18.2 Å². The number of hydrogen-bond donors (Lipinski definition) is 0. The first-order chi connectivity index (χ1) is 30.7. The van der Waals surface area contributed by atoms with Gasteiger partial charge in [0.2, 0.25) is 0 Å². The third-order valence-corrected chi connectivity index (χ3v) is 11.9. The number of hydrogen-bond acceptors (Lipinski definition) is 7. The average Bonchev–Trinajstić information content (AvgIpc) is 4.02. The third kappa shape index (κ3) is 5.49. The smallest absolute Gasteiger partial charge is 0.164 e. The summed E-state index contributed by atoms with van der Waals surface area (Å²) in [6, 6.07) is 66.3. The molecule has 0 unspecified atom stereocenters. The fourth-order valence-electron chi connectivity index (χ4n) is 8.96. The number of fused-ring (bicyclic) bond motifs is 10. The Hall–Kier alpha value is -8.55. The minimum Gasteiger partial charge on any atom is -0.456 e. The Labute approximate surface area is 353 Å². The van der Waals surface area contributed by atoms with E-state index >= 15 is 0 Å². The molecule has 7 nitrogen and oxygen atoms in total. The van der Waals surface area contributed by atoms with Crippen molar-refractivity contribution in [2.24, 2.45) is 0 Å². The molecule has 0 saturated carbocycles. The molecule has 62 heavy (non-hydrogen) atoms. The largest absolute Gasteiger partial charge is 0.456 e. The van der Waals surface area contributed by atoms with Crippen LogP contribution in [0.5, 0.6) is 0 Å². The van der Waals surface area contributed by atoms with Crippen LogP contribution in [-0.2, 0) is 0 Å². The van der Waals surface area contributed by atoms with E-state index in [9.17, 15) is 0 Å². The summed E-state index contributed by atoms with van der Waals surface area (Å²) in [7, 11) is 0.